The smallest absolute Gasteiger partial charge is 0.264 e. The van der Waals surface area contributed by atoms with Crippen molar-refractivity contribution in [1.29, 1.82) is 0 Å². The largest absolute Gasteiger partial charge is 0.484 e. The maximum Gasteiger partial charge on any atom is 0.264 e. The van der Waals surface area contributed by atoms with Gasteiger partial charge in [-0.15, -0.1) is 11.3 Å². The number of thiazole rings is 1. The number of hydrogen-bond acceptors (Lipinski definition) is 6. The van der Waals surface area contributed by atoms with Crippen LogP contribution in [0.2, 0.25) is 0 Å². The van der Waals surface area contributed by atoms with Gasteiger partial charge in [-0.3, -0.25) is 10.1 Å². The number of amides is 1. The molecule has 0 unspecified atom stereocenters. The first-order valence-corrected chi connectivity index (χ1v) is 9.46. The molecular weight excluding hydrogens is 364 g/mol. The van der Waals surface area contributed by atoms with Gasteiger partial charge in [-0.25, -0.2) is 4.98 Å². The van der Waals surface area contributed by atoms with Crippen LogP contribution in [0.5, 0.6) is 17.2 Å². The molecule has 0 aliphatic carbocycles. The van der Waals surface area contributed by atoms with Gasteiger partial charge in [0.05, 0.1) is 5.69 Å². The topological polar surface area (TPSA) is 69.7 Å². The fourth-order valence-corrected chi connectivity index (χ4v) is 3.38. The molecule has 0 fully saturated rings. The maximum absolute atomic E-state index is 12.1. The van der Waals surface area contributed by atoms with Crippen LogP contribution in [0.1, 0.15) is 12.5 Å². The summed E-state index contributed by atoms with van der Waals surface area (Å²) in [6.45, 7) is 2.26. The van der Waals surface area contributed by atoms with Crippen molar-refractivity contribution in [3.63, 3.8) is 0 Å². The summed E-state index contributed by atoms with van der Waals surface area (Å²) in [5.74, 6) is 1.85. The minimum absolute atomic E-state index is 0.0651. The first kappa shape index (κ1) is 17.4. The Morgan fingerprint density at radius 2 is 2.00 bits per heavy atom. The lowest BCUT2D eigenvalue weighted by atomic mass is 10.1. The van der Waals surface area contributed by atoms with Gasteiger partial charge in [-0.1, -0.05) is 19.1 Å². The summed E-state index contributed by atoms with van der Waals surface area (Å²) in [4.78, 5) is 16.6. The average Bonchev–Trinajstić information content (AvgIpc) is 3.35. The number of nitrogens with one attached hydrogen (secondary N) is 1. The van der Waals surface area contributed by atoms with Crippen LogP contribution in [0.3, 0.4) is 0 Å². The molecule has 0 spiro atoms. The summed E-state index contributed by atoms with van der Waals surface area (Å²) in [7, 11) is 0. The van der Waals surface area contributed by atoms with Crippen LogP contribution in [0, 0.1) is 0 Å². The molecule has 2 aromatic carbocycles. The lowest BCUT2D eigenvalue weighted by molar-refractivity contribution is -0.118. The Morgan fingerprint density at radius 3 is 2.81 bits per heavy atom. The van der Waals surface area contributed by atoms with E-state index in [1.54, 1.807) is 0 Å². The summed E-state index contributed by atoms with van der Waals surface area (Å²) in [5, 5.41) is 5.18. The van der Waals surface area contributed by atoms with E-state index in [4.69, 9.17) is 14.2 Å². The van der Waals surface area contributed by atoms with Crippen LogP contribution in [0.15, 0.2) is 47.8 Å². The monoisotopic (exact) mass is 382 g/mol. The maximum atomic E-state index is 12.1. The highest BCUT2D eigenvalue weighted by Gasteiger charge is 2.15. The molecule has 7 heteroatoms. The Morgan fingerprint density at radius 1 is 1.19 bits per heavy atom. The molecule has 1 aliphatic rings. The molecule has 1 aromatic heterocycles. The number of carbonyl (C=O) groups excluding carboxylic acids is 1. The zero-order valence-electron chi connectivity index (χ0n) is 14.7. The van der Waals surface area contributed by atoms with Crippen molar-refractivity contribution in [2.24, 2.45) is 0 Å². The molecule has 0 atom stereocenters. The van der Waals surface area contributed by atoms with E-state index in [1.165, 1.54) is 16.9 Å². The summed E-state index contributed by atoms with van der Waals surface area (Å²) in [6.07, 6.45) is 0.969. The Hall–Kier alpha value is -3.06. The predicted octanol–water partition coefficient (Wildman–Crippen LogP) is 4.12. The Kier molecular flexibility index (Phi) is 4.93. The molecule has 6 nitrogen and oxygen atoms in total. The molecule has 1 amide bonds. The molecule has 0 bridgehead atoms. The number of aromatic nitrogens is 1. The van der Waals surface area contributed by atoms with Crippen molar-refractivity contribution in [3.8, 4) is 28.5 Å². The van der Waals surface area contributed by atoms with Gasteiger partial charge in [-0.2, -0.15) is 0 Å². The van der Waals surface area contributed by atoms with Crippen LogP contribution >= 0.6 is 11.3 Å². The third-order valence-corrected chi connectivity index (χ3v) is 4.88. The number of anilines is 1. The van der Waals surface area contributed by atoms with E-state index in [9.17, 15) is 4.79 Å². The molecule has 1 N–H and O–H groups in total. The van der Waals surface area contributed by atoms with Crippen LogP contribution in [-0.2, 0) is 11.2 Å². The number of aryl methyl sites for hydroxylation is 1. The van der Waals surface area contributed by atoms with Crippen molar-refractivity contribution < 1.29 is 19.0 Å². The van der Waals surface area contributed by atoms with Gasteiger partial charge in [0.2, 0.25) is 6.79 Å². The summed E-state index contributed by atoms with van der Waals surface area (Å²) in [5.41, 5.74) is 2.90. The van der Waals surface area contributed by atoms with Crippen LogP contribution in [-0.4, -0.2) is 24.3 Å². The predicted molar refractivity (Wildman–Crippen MR) is 104 cm³/mol. The van der Waals surface area contributed by atoms with E-state index < -0.39 is 0 Å². The van der Waals surface area contributed by atoms with E-state index >= 15 is 0 Å². The SMILES string of the molecule is CCc1ccc(OCC(=O)Nc2nc(-c3ccc4c(c3)OCO4)cs2)cc1. The van der Waals surface area contributed by atoms with Crippen LogP contribution < -0.4 is 19.5 Å². The third-order valence-electron chi connectivity index (χ3n) is 4.12. The molecule has 3 aromatic rings. The number of ether oxygens (including phenoxy) is 3. The van der Waals surface area contributed by atoms with Crippen LogP contribution in [0.25, 0.3) is 11.3 Å². The molecule has 2 heterocycles. The highest BCUT2D eigenvalue weighted by atomic mass is 32.1. The van der Waals surface area contributed by atoms with Crippen molar-refractivity contribution in [2.45, 2.75) is 13.3 Å². The molecular formula is C20H18N2O4S. The number of hydrogen-bond donors (Lipinski definition) is 1. The Bertz CT molecular complexity index is 953. The molecule has 0 saturated heterocycles. The second-order valence-electron chi connectivity index (χ2n) is 5.94. The fraction of sp³-hybridized carbons (Fsp3) is 0.200. The number of fused-ring (bicyclic) bond motifs is 1. The third kappa shape index (κ3) is 4.03. The number of carbonyl (C=O) groups is 1. The average molecular weight is 382 g/mol. The molecule has 27 heavy (non-hydrogen) atoms. The molecule has 138 valence electrons. The molecule has 0 saturated carbocycles. The number of benzene rings is 2. The lowest BCUT2D eigenvalue weighted by Gasteiger charge is -2.06. The van der Waals surface area contributed by atoms with Gasteiger partial charge >= 0.3 is 0 Å². The van der Waals surface area contributed by atoms with E-state index in [1.807, 2.05) is 47.8 Å². The molecule has 0 radical (unpaired) electrons. The highest BCUT2D eigenvalue weighted by Crippen LogP contribution is 2.36. The first-order valence-electron chi connectivity index (χ1n) is 8.58. The second-order valence-corrected chi connectivity index (χ2v) is 6.80. The summed E-state index contributed by atoms with van der Waals surface area (Å²) >= 11 is 1.36. The van der Waals surface area contributed by atoms with Gasteiger partial charge in [0.25, 0.3) is 5.91 Å². The second kappa shape index (κ2) is 7.67. The Balaban J connectivity index is 1.35. The lowest BCUT2D eigenvalue weighted by Crippen LogP contribution is -2.20. The van der Waals surface area contributed by atoms with Gasteiger partial charge in [0, 0.05) is 10.9 Å². The van der Waals surface area contributed by atoms with Crippen LogP contribution in [0.4, 0.5) is 5.13 Å². The van der Waals surface area contributed by atoms with Gasteiger partial charge < -0.3 is 14.2 Å². The number of rotatable bonds is 6. The van der Waals surface area contributed by atoms with E-state index in [0.717, 1.165) is 23.4 Å². The van der Waals surface area contributed by atoms with Gasteiger partial charge in [0.1, 0.15) is 5.75 Å². The molecule has 1 aliphatic heterocycles. The van der Waals surface area contributed by atoms with E-state index in [2.05, 4.69) is 17.2 Å². The van der Waals surface area contributed by atoms with E-state index in [-0.39, 0.29) is 19.3 Å². The normalized spacial score (nSPS) is 12.0. The standard InChI is InChI=1S/C20H18N2O4S/c1-2-13-3-6-15(7-4-13)24-10-19(23)22-20-21-16(11-27-20)14-5-8-17-18(9-14)26-12-25-17/h3-9,11H,2,10,12H2,1H3,(H,21,22,23). The fourth-order valence-electron chi connectivity index (χ4n) is 2.65. The highest BCUT2D eigenvalue weighted by molar-refractivity contribution is 7.14. The van der Waals surface area contributed by atoms with Gasteiger partial charge in [0.15, 0.2) is 23.2 Å². The quantitative estimate of drug-likeness (QED) is 0.694. The zero-order chi connectivity index (χ0) is 18.6. The first-order chi connectivity index (χ1) is 13.2. The minimum atomic E-state index is -0.249. The zero-order valence-corrected chi connectivity index (χ0v) is 15.5. The van der Waals surface area contributed by atoms with Crippen molar-refractivity contribution >= 4 is 22.4 Å². The Labute approximate surface area is 160 Å². The number of nitrogens with zero attached hydrogens (tertiary/aromatic N) is 1. The summed E-state index contributed by atoms with van der Waals surface area (Å²) in [6, 6.07) is 13.4. The van der Waals surface area contributed by atoms with Crippen molar-refractivity contribution in [2.75, 3.05) is 18.7 Å². The minimum Gasteiger partial charge on any atom is -0.484 e. The summed E-state index contributed by atoms with van der Waals surface area (Å²) < 4.78 is 16.2. The van der Waals surface area contributed by atoms with Crippen molar-refractivity contribution in [3.05, 3.63) is 53.4 Å². The molecule has 4 rings (SSSR count). The van der Waals surface area contributed by atoms with E-state index in [0.29, 0.717) is 16.6 Å². The van der Waals surface area contributed by atoms with Crippen molar-refractivity contribution in [1.82, 2.24) is 4.98 Å². The van der Waals surface area contributed by atoms with Gasteiger partial charge in [-0.05, 0) is 42.3 Å².